The van der Waals surface area contributed by atoms with Crippen LogP contribution < -0.4 is 4.74 Å². The summed E-state index contributed by atoms with van der Waals surface area (Å²) in [6.45, 7) is 1.76. The van der Waals surface area contributed by atoms with Crippen LogP contribution in [-0.2, 0) is 5.54 Å². The first kappa shape index (κ1) is 14.4. The number of rotatable bonds is 4. The highest BCUT2D eigenvalue weighted by Crippen LogP contribution is 2.35. The van der Waals surface area contributed by atoms with Gasteiger partial charge in [0.1, 0.15) is 11.8 Å². The Balaban J connectivity index is 2.70. The van der Waals surface area contributed by atoms with Crippen LogP contribution in [0.15, 0.2) is 47.6 Å². The number of hydrogen-bond donors (Lipinski definition) is 0. The topological polar surface area (TPSA) is 94.7 Å². The SMILES string of the molecule is COc1ccc(C(C)(N=[N+]=[N-])c2ccccc2)c(C#N)n1. The van der Waals surface area contributed by atoms with Crippen molar-refractivity contribution in [2.45, 2.75) is 12.5 Å². The number of methoxy groups -OCH3 is 1. The van der Waals surface area contributed by atoms with Gasteiger partial charge in [-0.15, -0.1) is 0 Å². The molecule has 0 aliphatic heterocycles. The Morgan fingerprint density at radius 3 is 2.57 bits per heavy atom. The highest BCUT2D eigenvalue weighted by Gasteiger charge is 2.31. The quantitative estimate of drug-likeness (QED) is 0.486. The molecule has 0 fully saturated rings. The minimum Gasteiger partial charge on any atom is -0.481 e. The molecule has 1 unspecified atom stereocenters. The summed E-state index contributed by atoms with van der Waals surface area (Å²) in [5.41, 5.74) is 9.40. The molecule has 1 atom stereocenters. The Morgan fingerprint density at radius 1 is 1.29 bits per heavy atom. The van der Waals surface area contributed by atoms with Crippen LogP contribution in [-0.4, -0.2) is 12.1 Å². The lowest BCUT2D eigenvalue weighted by Crippen LogP contribution is -2.22. The van der Waals surface area contributed by atoms with Gasteiger partial charge in [0.2, 0.25) is 5.88 Å². The molecule has 0 N–H and O–H groups in total. The van der Waals surface area contributed by atoms with E-state index in [-0.39, 0.29) is 5.69 Å². The maximum absolute atomic E-state index is 9.31. The van der Waals surface area contributed by atoms with E-state index in [9.17, 15) is 5.26 Å². The van der Waals surface area contributed by atoms with Gasteiger partial charge in [-0.05, 0) is 24.1 Å². The molecule has 104 valence electrons. The maximum Gasteiger partial charge on any atom is 0.214 e. The van der Waals surface area contributed by atoms with Gasteiger partial charge in [-0.2, -0.15) is 5.26 Å². The van der Waals surface area contributed by atoms with Gasteiger partial charge in [-0.1, -0.05) is 35.4 Å². The van der Waals surface area contributed by atoms with Crippen LogP contribution in [0.3, 0.4) is 0 Å². The molecule has 2 aromatic rings. The fourth-order valence-corrected chi connectivity index (χ4v) is 2.15. The molecule has 1 aromatic heterocycles. The standard InChI is InChI=1S/C15H13N5O/c1-15(19-20-17,11-6-4-3-5-7-11)12-8-9-14(21-2)18-13(12)10-16/h3-9H,1-2H3. The zero-order chi connectivity index (χ0) is 15.3. The average molecular weight is 279 g/mol. The van der Waals surface area contributed by atoms with E-state index in [1.807, 2.05) is 36.4 Å². The van der Waals surface area contributed by atoms with Crippen LogP contribution >= 0.6 is 0 Å². The summed E-state index contributed by atoms with van der Waals surface area (Å²) in [6, 6.07) is 14.6. The van der Waals surface area contributed by atoms with E-state index in [4.69, 9.17) is 10.3 Å². The summed E-state index contributed by atoms with van der Waals surface area (Å²) in [5.74, 6) is 0.339. The molecular formula is C15H13N5O. The number of aromatic nitrogens is 1. The molecule has 0 saturated carbocycles. The maximum atomic E-state index is 9.31. The molecule has 6 heteroatoms. The molecule has 0 saturated heterocycles. The van der Waals surface area contributed by atoms with E-state index >= 15 is 0 Å². The van der Waals surface area contributed by atoms with Crippen LogP contribution in [0.25, 0.3) is 10.4 Å². The molecule has 0 radical (unpaired) electrons. The minimum atomic E-state index is -1.01. The van der Waals surface area contributed by atoms with E-state index in [1.165, 1.54) is 7.11 Å². The third kappa shape index (κ3) is 2.64. The third-order valence-electron chi connectivity index (χ3n) is 3.29. The predicted molar refractivity (Wildman–Crippen MR) is 77.5 cm³/mol. The highest BCUT2D eigenvalue weighted by atomic mass is 16.5. The summed E-state index contributed by atoms with van der Waals surface area (Å²) >= 11 is 0. The largest absolute Gasteiger partial charge is 0.481 e. The molecule has 0 aliphatic carbocycles. The Morgan fingerprint density at radius 2 is 2.00 bits per heavy atom. The molecule has 0 aliphatic rings. The Hall–Kier alpha value is -3.03. The first-order valence-corrected chi connectivity index (χ1v) is 6.23. The summed E-state index contributed by atoms with van der Waals surface area (Å²) in [6.07, 6.45) is 0. The monoisotopic (exact) mass is 279 g/mol. The lowest BCUT2D eigenvalue weighted by Gasteiger charge is -2.25. The van der Waals surface area contributed by atoms with Crippen molar-refractivity contribution in [2.75, 3.05) is 7.11 Å². The molecule has 0 amide bonds. The van der Waals surface area contributed by atoms with Crippen molar-refractivity contribution in [3.05, 3.63) is 69.7 Å². The summed E-state index contributed by atoms with van der Waals surface area (Å²) in [5, 5.41) is 13.2. The van der Waals surface area contributed by atoms with E-state index in [2.05, 4.69) is 15.0 Å². The molecular weight excluding hydrogens is 266 g/mol. The first-order chi connectivity index (χ1) is 10.2. The van der Waals surface area contributed by atoms with Gasteiger partial charge >= 0.3 is 0 Å². The first-order valence-electron chi connectivity index (χ1n) is 6.23. The van der Waals surface area contributed by atoms with Crippen molar-refractivity contribution in [1.29, 1.82) is 5.26 Å². The molecule has 0 spiro atoms. The van der Waals surface area contributed by atoms with Gasteiger partial charge < -0.3 is 4.74 Å². The van der Waals surface area contributed by atoms with Crippen molar-refractivity contribution in [3.8, 4) is 11.9 Å². The van der Waals surface area contributed by atoms with E-state index in [1.54, 1.807) is 19.1 Å². The Bertz CT molecular complexity index is 731. The lowest BCUT2D eigenvalue weighted by atomic mass is 9.84. The smallest absolute Gasteiger partial charge is 0.214 e. The zero-order valence-corrected chi connectivity index (χ0v) is 11.7. The van der Waals surface area contributed by atoms with Gasteiger partial charge in [0.05, 0.1) is 12.6 Å². The van der Waals surface area contributed by atoms with E-state index < -0.39 is 5.54 Å². The van der Waals surface area contributed by atoms with Gasteiger partial charge in [0, 0.05) is 16.5 Å². The number of pyridine rings is 1. The van der Waals surface area contributed by atoms with Gasteiger partial charge in [-0.3, -0.25) is 0 Å². The molecule has 1 aromatic carbocycles. The van der Waals surface area contributed by atoms with Gasteiger partial charge in [-0.25, -0.2) is 4.98 Å². The van der Waals surface area contributed by atoms with Crippen LogP contribution in [0.1, 0.15) is 23.7 Å². The summed E-state index contributed by atoms with van der Waals surface area (Å²) in [4.78, 5) is 7.05. The van der Waals surface area contributed by atoms with Crippen molar-refractivity contribution in [3.63, 3.8) is 0 Å². The average Bonchev–Trinajstić information content (AvgIpc) is 2.55. The summed E-state index contributed by atoms with van der Waals surface area (Å²) < 4.78 is 5.02. The molecule has 2 rings (SSSR count). The van der Waals surface area contributed by atoms with Crippen molar-refractivity contribution < 1.29 is 4.74 Å². The molecule has 6 nitrogen and oxygen atoms in total. The van der Waals surface area contributed by atoms with Crippen LogP contribution in [0.2, 0.25) is 0 Å². The number of ether oxygens (including phenoxy) is 1. The number of azide groups is 1. The Labute approximate surface area is 122 Å². The second-order valence-corrected chi connectivity index (χ2v) is 4.49. The Kier molecular flexibility index (Phi) is 4.07. The second kappa shape index (κ2) is 5.95. The predicted octanol–water partition coefficient (Wildman–Crippen LogP) is 3.54. The summed E-state index contributed by atoms with van der Waals surface area (Å²) in [7, 11) is 1.48. The number of benzene rings is 1. The molecule has 1 heterocycles. The minimum absolute atomic E-state index is 0.174. The van der Waals surface area contributed by atoms with Crippen molar-refractivity contribution >= 4 is 0 Å². The van der Waals surface area contributed by atoms with Gasteiger partial charge in [0.15, 0.2) is 0 Å². The fourth-order valence-electron chi connectivity index (χ4n) is 2.15. The fraction of sp³-hybridized carbons (Fsp3) is 0.200. The van der Waals surface area contributed by atoms with Crippen molar-refractivity contribution in [2.24, 2.45) is 5.11 Å². The van der Waals surface area contributed by atoms with Crippen molar-refractivity contribution in [1.82, 2.24) is 4.98 Å². The normalized spacial score (nSPS) is 12.6. The second-order valence-electron chi connectivity index (χ2n) is 4.49. The molecule has 21 heavy (non-hydrogen) atoms. The number of hydrogen-bond acceptors (Lipinski definition) is 4. The van der Waals surface area contributed by atoms with Crippen LogP contribution in [0.4, 0.5) is 0 Å². The highest BCUT2D eigenvalue weighted by molar-refractivity contribution is 5.45. The zero-order valence-electron chi connectivity index (χ0n) is 11.7. The molecule has 0 bridgehead atoms. The van der Waals surface area contributed by atoms with Crippen LogP contribution in [0, 0.1) is 11.3 Å². The lowest BCUT2D eigenvalue weighted by molar-refractivity contribution is 0.396. The third-order valence-corrected chi connectivity index (χ3v) is 3.29. The number of nitrogens with zero attached hydrogens (tertiary/aromatic N) is 5. The van der Waals surface area contributed by atoms with E-state index in [0.717, 1.165) is 5.56 Å². The van der Waals surface area contributed by atoms with Gasteiger partial charge in [0.25, 0.3) is 0 Å². The number of nitriles is 1. The van der Waals surface area contributed by atoms with E-state index in [0.29, 0.717) is 11.4 Å². The van der Waals surface area contributed by atoms with Crippen LogP contribution in [0.5, 0.6) is 5.88 Å².